The Hall–Kier alpha value is -2.58. The number of amides is 1. The second-order valence-electron chi connectivity index (χ2n) is 5.82. The molecule has 0 fully saturated rings. The first-order chi connectivity index (χ1) is 12.7. The Kier molecular flexibility index (Phi) is 6.45. The van der Waals surface area contributed by atoms with Gasteiger partial charge in [-0.25, -0.2) is 12.8 Å². The molecule has 2 rings (SSSR count). The monoisotopic (exact) mass is 392 g/mol. The topological polar surface area (TPSA) is 83.6 Å². The predicted octanol–water partition coefficient (Wildman–Crippen LogP) is 3.31. The van der Waals surface area contributed by atoms with Gasteiger partial charge in [-0.2, -0.15) is 4.31 Å². The van der Waals surface area contributed by atoms with Crippen molar-refractivity contribution in [2.24, 2.45) is 0 Å². The minimum atomic E-state index is -3.81. The van der Waals surface area contributed by atoms with Crippen LogP contribution in [0.2, 0.25) is 0 Å². The first kappa shape index (κ1) is 20.7. The number of rotatable bonds is 7. The van der Waals surface area contributed by atoms with Crippen molar-refractivity contribution >= 4 is 27.4 Å². The normalized spacial score (nSPS) is 11.4. The summed E-state index contributed by atoms with van der Waals surface area (Å²) in [6, 6.07) is 9.24. The van der Waals surface area contributed by atoms with E-state index in [9.17, 15) is 22.4 Å². The SMILES string of the molecule is CCN(CC)S(=O)(=O)c1ccc(F)c(C(=O)Nc2ccc(C(C)=O)cc2)c1. The molecule has 0 saturated heterocycles. The van der Waals surface area contributed by atoms with Crippen molar-refractivity contribution in [3.8, 4) is 0 Å². The van der Waals surface area contributed by atoms with Gasteiger partial charge in [-0.1, -0.05) is 13.8 Å². The van der Waals surface area contributed by atoms with Gasteiger partial charge < -0.3 is 5.32 Å². The molecule has 0 aliphatic rings. The highest BCUT2D eigenvalue weighted by Gasteiger charge is 2.24. The maximum absolute atomic E-state index is 14.1. The molecule has 144 valence electrons. The van der Waals surface area contributed by atoms with Gasteiger partial charge in [-0.05, 0) is 49.4 Å². The number of sulfonamides is 1. The average molecular weight is 392 g/mol. The maximum Gasteiger partial charge on any atom is 0.258 e. The van der Waals surface area contributed by atoms with Crippen LogP contribution in [0.15, 0.2) is 47.4 Å². The molecule has 6 nitrogen and oxygen atoms in total. The van der Waals surface area contributed by atoms with Crippen LogP contribution >= 0.6 is 0 Å². The van der Waals surface area contributed by atoms with E-state index < -0.39 is 21.7 Å². The van der Waals surface area contributed by atoms with Crippen LogP contribution in [0.3, 0.4) is 0 Å². The Bertz CT molecular complexity index is 952. The van der Waals surface area contributed by atoms with Gasteiger partial charge in [0.2, 0.25) is 10.0 Å². The maximum atomic E-state index is 14.1. The van der Waals surface area contributed by atoms with Crippen molar-refractivity contribution in [2.75, 3.05) is 18.4 Å². The summed E-state index contributed by atoms with van der Waals surface area (Å²) in [5.74, 6) is -1.72. The molecule has 0 heterocycles. The van der Waals surface area contributed by atoms with Gasteiger partial charge in [0.15, 0.2) is 5.78 Å². The zero-order chi connectivity index (χ0) is 20.2. The fourth-order valence-electron chi connectivity index (χ4n) is 2.54. The number of benzene rings is 2. The summed E-state index contributed by atoms with van der Waals surface area (Å²) in [6.45, 7) is 5.34. The van der Waals surface area contributed by atoms with Crippen LogP contribution in [0.5, 0.6) is 0 Å². The summed E-state index contributed by atoms with van der Waals surface area (Å²) in [5.41, 5.74) is 0.465. The first-order valence-electron chi connectivity index (χ1n) is 8.42. The van der Waals surface area contributed by atoms with Gasteiger partial charge in [-0.15, -0.1) is 0 Å². The van der Waals surface area contributed by atoms with Gasteiger partial charge in [0.05, 0.1) is 10.5 Å². The van der Waals surface area contributed by atoms with Crippen molar-refractivity contribution in [3.63, 3.8) is 0 Å². The number of hydrogen-bond acceptors (Lipinski definition) is 4. The van der Waals surface area contributed by atoms with Crippen LogP contribution in [0.1, 0.15) is 41.5 Å². The Morgan fingerprint density at radius 2 is 1.63 bits per heavy atom. The van der Waals surface area contributed by atoms with E-state index in [0.29, 0.717) is 11.3 Å². The van der Waals surface area contributed by atoms with Gasteiger partial charge in [-0.3, -0.25) is 9.59 Å². The Morgan fingerprint density at radius 3 is 2.15 bits per heavy atom. The molecule has 0 saturated carbocycles. The number of carbonyl (C=O) groups excluding carboxylic acids is 2. The lowest BCUT2D eigenvalue weighted by Crippen LogP contribution is -2.31. The quantitative estimate of drug-likeness (QED) is 0.733. The van der Waals surface area contributed by atoms with Crippen molar-refractivity contribution in [1.82, 2.24) is 4.31 Å². The first-order valence-corrected chi connectivity index (χ1v) is 9.86. The summed E-state index contributed by atoms with van der Waals surface area (Å²) in [7, 11) is -3.81. The molecule has 8 heteroatoms. The number of nitrogens with one attached hydrogen (secondary N) is 1. The van der Waals surface area contributed by atoms with Crippen LogP contribution in [0.4, 0.5) is 10.1 Å². The summed E-state index contributed by atoms with van der Waals surface area (Å²) in [4.78, 5) is 23.6. The summed E-state index contributed by atoms with van der Waals surface area (Å²) in [6.07, 6.45) is 0. The third-order valence-electron chi connectivity index (χ3n) is 4.07. The summed E-state index contributed by atoms with van der Waals surface area (Å²) in [5, 5.41) is 2.50. The van der Waals surface area contributed by atoms with E-state index in [-0.39, 0.29) is 29.3 Å². The molecule has 0 unspecified atom stereocenters. The van der Waals surface area contributed by atoms with Crippen LogP contribution < -0.4 is 5.32 Å². The Morgan fingerprint density at radius 1 is 1.04 bits per heavy atom. The smallest absolute Gasteiger partial charge is 0.258 e. The highest BCUT2D eigenvalue weighted by atomic mass is 32.2. The van der Waals surface area contributed by atoms with Gasteiger partial charge in [0.1, 0.15) is 5.82 Å². The molecule has 0 aromatic heterocycles. The molecule has 2 aromatic carbocycles. The van der Waals surface area contributed by atoms with E-state index in [0.717, 1.165) is 18.2 Å². The molecular formula is C19H21FN2O4S. The molecule has 0 aliphatic carbocycles. The van der Waals surface area contributed by atoms with Crippen molar-refractivity contribution in [2.45, 2.75) is 25.7 Å². The minimum absolute atomic E-state index is 0.117. The minimum Gasteiger partial charge on any atom is -0.322 e. The van der Waals surface area contributed by atoms with Gasteiger partial charge in [0.25, 0.3) is 5.91 Å². The average Bonchev–Trinajstić information content (AvgIpc) is 2.63. The lowest BCUT2D eigenvalue weighted by Gasteiger charge is -2.19. The molecule has 0 atom stereocenters. The van der Waals surface area contributed by atoms with Crippen LogP contribution in [-0.2, 0) is 10.0 Å². The number of anilines is 1. The third-order valence-corrected chi connectivity index (χ3v) is 6.12. The number of halogens is 1. The van der Waals surface area contributed by atoms with E-state index in [2.05, 4.69) is 5.32 Å². The standard InChI is InChI=1S/C19H21FN2O4S/c1-4-22(5-2)27(25,26)16-10-11-18(20)17(12-16)19(24)21-15-8-6-14(7-9-15)13(3)23/h6-12H,4-5H2,1-3H3,(H,21,24). The fourth-order valence-corrected chi connectivity index (χ4v) is 4.02. The van der Waals surface area contributed by atoms with Crippen molar-refractivity contribution in [1.29, 1.82) is 0 Å². The molecule has 2 aromatic rings. The van der Waals surface area contributed by atoms with E-state index >= 15 is 0 Å². The predicted molar refractivity (Wildman–Crippen MR) is 101 cm³/mol. The van der Waals surface area contributed by atoms with Crippen LogP contribution in [0.25, 0.3) is 0 Å². The molecule has 0 spiro atoms. The van der Waals surface area contributed by atoms with E-state index in [1.54, 1.807) is 13.8 Å². The highest BCUT2D eigenvalue weighted by molar-refractivity contribution is 7.89. The number of nitrogens with zero attached hydrogens (tertiary/aromatic N) is 1. The van der Waals surface area contributed by atoms with Gasteiger partial charge >= 0.3 is 0 Å². The number of hydrogen-bond donors (Lipinski definition) is 1. The molecule has 0 aliphatic heterocycles. The molecule has 0 bridgehead atoms. The summed E-state index contributed by atoms with van der Waals surface area (Å²) >= 11 is 0. The zero-order valence-corrected chi connectivity index (χ0v) is 16.1. The largest absolute Gasteiger partial charge is 0.322 e. The Labute approximate surface area is 158 Å². The molecular weight excluding hydrogens is 371 g/mol. The number of ketones is 1. The highest BCUT2D eigenvalue weighted by Crippen LogP contribution is 2.20. The number of Topliss-reactive ketones (excluding diaryl/α,β-unsaturated/α-hetero) is 1. The van der Waals surface area contributed by atoms with Gasteiger partial charge in [0, 0.05) is 24.3 Å². The van der Waals surface area contributed by atoms with E-state index in [1.165, 1.54) is 35.5 Å². The third kappa shape index (κ3) is 4.58. The lowest BCUT2D eigenvalue weighted by atomic mass is 10.1. The van der Waals surface area contributed by atoms with Crippen LogP contribution in [-0.4, -0.2) is 37.5 Å². The molecule has 0 radical (unpaired) electrons. The second-order valence-corrected chi connectivity index (χ2v) is 7.76. The molecule has 1 amide bonds. The van der Waals surface area contributed by atoms with Crippen LogP contribution in [0, 0.1) is 5.82 Å². The molecule has 1 N–H and O–H groups in total. The van der Waals surface area contributed by atoms with Crippen molar-refractivity contribution < 1.29 is 22.4 Å². The van der Waals surface area contributed by atoms with E-state index in [1.807, 2.05) is 0 Å². The zero-order valence-electron chi connectivity index (χ0n) is 15.3. The number of carbonyl (C=O) groups is 2. The second kappa shape index (κ2) is 8.41. The summed E-state index contributed by atoms with van der Waals surface area (Å²) < 4.78 is 40.5. The Balaban J connectivity index is 2.32. The lowest BCUT2D eigenvalue weighted by molar-refractivity contribution is 0.101. The molecule has 27 heavy (non-hydrogen) atoms. The van der Waals surface area contributed by atoms with Crippen molar-refractivity contribution in [3.05, 3.63) is 59.4 Å². The van der Waals surface area contributed by atoms with E-state index in [4.69, 9.17) is 0 Å². The fraction of sp³-hybridized carbons (Fsp3) is 0.263.